The average Bonchev–Trinajstić information content (AvgIpc) is 3.20. The fourth-order valence-corrected chi connectivity index (χ4v) is 10.0. The molecule has 9 aromatic rings. The van der Waals surface area contributed by atoms with E-state index in [2.05, 4.69) is 207 Å². The molecule has 0 aliphatic carbocycles. The van der Waals surface area contributed by atoms with Gasteiger partial charge in [0.05, 0.1) is 22.7 Å². The van der Waals surface area contributed by atoms with Crippen molar-refractivity contribution in [3.63, 3.8) is 0 Å². The van der Waals surface area contributed by atoms with Crippen LogP contribution < -0.4 is 9.80 Å². The molecule has 2 aliphatic rings. The van der Waals surface area contributed by atoms with Crippen LogP contribution in [-0.4, -0.2) is 0 Å². The molecule has 9 aromatic carbocycles. The van der Waals surface area contributed by atoms with Gasteiger partial charge in [0.2, 0.25) is 0 Å². The van der Waals surface area contributed by atoms with E-state index in [1.807, 2.05) is 0 Å². The van der Waals surface area contributed by atoms with Gasteiger partial charge >= 0.3 is 0 Å². The first-order valence-corrected chi connectivity index (χ1v) is 19.1. The highest BCUT2D eigenvalue weighted by molar-refractivity contribution is 6.09. The Bertz CT molecular complexity index is 2820. The van der Waals surface area contributed by atoms with Crippen LogP contribution in [-0.2, 0) is 10.8 Å². The number of nitrogens with zero attached hydrogens (tertiary/aromatic N) is 2. The number of hydrogen-bond donors (Lipinski definition) is 0. The van der Waals surface area contributed by atoms with Crippen molar-refractivity contribution in [1.29, 1.82) is 0 Å². The molecule has 0 atom stereocenters. The van der Waals surface area contributed by atoms with E-state index < -0.39 is 0 Å². The second-order valence-electron chi connectivity index (χ2n) is 16.2. The molecule has 2 nitrogen and oxygen atoms in total. The van der Waals surface area contributed by atoms with Gasteiger partial charge in [-0.2, -0.15) is 0 Å². The summed E-state index contributed by atoms with van der Waals surface area (Å²) in [6.07, 6.45) is 0. The van der Waals surface area contributed by atoms with E-state index in [1.54, 1.807) is 0 Å². The van der Waals surface area contributed by atoms with Crippen LogP contribution in [0.1, 0.15) is 49.9 Å². The predicted octanol–water partition coefficient (Wildman–Crippen LogP) is 14.5. The molecule has 2 heterocycles. The molecule has 0 unspecified atom stereocenters. The van der Waals surface area contributed by atoms with E-state index in [4.69, 9.17) is 0 Å². The van der Waals surface area contributed by atoms with Gasteiger partial charge in [-0.15, -0.1) is 0 Å². The third-order valence-electron chi connectivity index (χ3n) is 12.5. The number of rotatable bonds is 2. The summed E-state index contributed by atoms with van der Waals surface area (Å²) in [6.45, 7) is 9.60. The van der Waals surface area contributed by atoms with Crippen LogP contribution in [0, 0.1) is 0 Å². The molecule has 0 fully saturated rings. The van der Waals surface area contributed by atoms with Crippen LogP contribution in [0.4, 0.5) is 34.1 Å². The first kappa shape index (κ1) is 31.2. The molecule has 2 aliphatic heterocycles. The van der Waals surface area contributed by atoms with Gasteiger partial charge < -0.3 is 9.80 Å². The Kier molecular flexibility index (Phi) is 6.39. The Balaban J connectivity index is 1.22. The highest BCUT2D eigenvalue weighted by Gasteiger charge is 2.41. The molecule has 0 saturated carbocycles. The lowest BCUT2D eigenvalue weighted by Crippen LogP contribution is -2.32. The maximum absolute atomic E-state index is 2.55. The minimum Gasteiger partial charge on any atom is -0.309 e. The number of benzene rings is 9. The van der Waals surface area contributed by atoms with Gasteiger partial charge in [0.25, 0.3) is 0 Å². The zero-order valence-corrected chi connectivity index (χ0v) is 31.1. The molecule has 0 spiro atoms. The minimum absolute atomic E-state index is 0.222. The monoisotopic (exact) mass is 692 g/mol. The summed E-state index contributed by atoms with van der Waals surface area (Å²) >= 11 is 0. The van der Waals surface area contributed by atoms with Crippen molar-refractivity contribution < 1.29 is 0 Å². The van der Waals surface area contributed by atoms with Gasteiger partial charge in [0, 0.05) is 33.0 Å². The Morgan fingerprint density at radius 1 is 0.333 bits per heavy atom. The minimum atomic E-state index is -0.222. The molecular weight excluding hydrogens is 653 g/mol. The second-order valence-corrected chi connectivity index (χ2v) is 16.2. The molecule has 258 valence electrons. The Morgan fingerprint density at radius 2 is 0.685 bits per heavy atom. The SMILES string of the molecule is CC1(C)c2ccc3ccccc3c2N(c2cccc(N3c4ccc5ccccc5c4C(C)(C)c4ccc5ccccc5c43)c2)c2ccc3ccccc3c21. The lowest BCUT2D eigenvalue weighted by molar-refractivity contribution is 0.639. The Hall–Kier alpha value is -6.38. The largest absolute Gasteiger partial charge is 0.309 e. The molecule has 0 bridgehead atoms. The third-order valence-corrected chi connectivity index (χ3v) is 12.5. The summed E-state index contributed by atoms with van der Waals surface area (Å²) in [6, 6.07) is 63.4. The summed E-state index contributed by atoms with van der Waals surface area (Å²) in [5.74, 6) is 0. The van der Waals surface area contributed by atoms with Gasteiger partial charge in [0.15, 0.2) is 0 Å². The lowest BCUT2D eigenvalue weighted by Gasteiger charge is -2.45. The van der Waals surface area contributed by atoms with Crippen LogP contribution in [0.15, 0.2) is 170 Å². The Labute approximate surface area is 316 Å². The van der Waals surface area contributed by atoms with Crippen LogP contribution in [0.3, 0.4) is 0 Å². The topological polar surface area (TPSA) is 6.48 Å². The van der Waals surface area contributed by atoms with Crippen molar-refractivity contribution in [3.05, 3.63) is 192 Å². The highest BCUT2D eigenvalue weighted by atomic mass is 15.2. The van der Waals surface area contributed by atoms with Crippen LogP contribution >= 0.6 is 0 Å². The fraction of sp³-hybridized carbons (Fsp3) is 0.115. The first-order chi connectivity index (χ1) is 26.3. The molecule has 0 saturated heterocycles. The van der Waals surface area contributed by atoms with Gasteiger partial charge in [-0.3, -0.25) is 0 Å². The molecular formula is C52H40N2. The highest BCUT2D eigenvalue weighted by Crippen LogP contribution is 2.59. The van der Waals surface area contributed by atoms with E-state index in [0.717, 1.165) is 11.4 Å². The molecule has 0 amide bonds. The van der Waals surface area contributed by atoms with E-state index in [0.29, 0.717) is 0 Å². The smallest absolute Gasteiger partial charge is 0.0581 e. The van der Waals surface area contributed by atoms with Gasteiger partial charge in [-0.05, 0) is 84.9 Å². The van der Waals surface area contributed by atoms with Crippen molar-refractivity contribution in [1.82, 2.24) is 0 Å². The zero-order chi connectivity index (χ0) is 36.3. The first-order valence-electron chi connectivity index (χ1n) is 19.1. The summed E-state index contributed by atoms with van der Waals surface area (Å²) in [4.78, 5) is 5.10. The van der Waals surface area contributed by atoms with E-state index in [-0.39, 0.29) is 10.8 Å². The van der Waals surface area contributed by atoms with Gasteiger partial charge in [0.1, 0.15) is 0 Å². The van der Waals surface area contributed by atoms with Crippen LogP contribution in [0.5, 0.6) is 0 Å². The average molecular weight is 693 g/mol. The lowest BCUT2D eigenvalue weighted by atomic mass is 9.71. The van der Waals surface area contributed by atoms with Crippen molar-refractivity contribution in [2.75, 3.05) is 9.80 Å². The molecule has 54 heavy (non-hydrogen) atoms. The number of fused-ring (bicyclic) bond motifs is 12. The van der Waals surface area contributed by atoms with E-state index in [9.17, 15) is 0 Å². The second kappa shape index (κ2) is 11.1. The summed E-state index contributed by atoms with van der Waals surface area (Å²) in [7, 11) is 0. The normalized spacial score (nSPS) is 15.3. The van der Waals surface area contributed by atoms with E-state index in [1.165, 1.54) is 88.1 Å². The number of anilines is 6. The van der Waals surface area contributed by atoms with Gasteiger partial charge in [-0.25, -0.2) is 0 Å². The van der Waals surface area contributed by atoms with E-state index >= 15 is 0 Å². The number of hydrogen-bond acceptors (Lipinski definition) is 2. The van der Waals surface area contributed by atoms with Crippen molar-refractivity contribution in [3.8, 4) is 0 Å². The Morgan fingerprint density at radius 3 is 1.11 bits per heavy atom. The summed E-state index contributed by atoms with van der Waals surface area (Å²) < 4.78 is 0. The van der Waals surface area contributed by atoms with Crippen molar-refractivity contribution in [2.24, 2.45) is 0 Å². The van der Waals surface area contributed by atoms with Crippen LogP contribution in [0.25, 0.3) is 43.1 Å². The third kappa shape index (κ3) is 4.17. The molecule has 2 heteroatoms. The quantitative estimate of drug-likeness (QED) is 0.178. The molecule has 0 N–H and O–H groups in total. The molecule has 0 aromatic heterocycles. The van der Waals surface area contributed by atoms with Crippen molar-refractivity contribution >= 4 is 77.2 Å². The predicted molar refractivity (Wildman–Crippen MR) is 230 cm³/mol. The standard InChI is InChI=1S/C52H40N2/c1-51(2)43-28-24-35-16-7-11-22-41(35)49(43)53(45-30-26-33-14-5-9-20-39(33)47(45)51)37-18-13-19-38(32-37)54-46-31-27-34-15-6-10-21-40(34)48(46)52(3,4)44-29-25-36-17-8-12-23-42(36)50(44)54/h5-32H,1-4H3. The van der Waals surface area contributed by atoms with Crippen LogP contribution in [0.2, 0.25) is 0 Å². The van der Waals surface area contributed by atoms with Gasteiger partial charge in [-0.1, -0.05) is 167 Å². The maximum atomic E-state index is 2.55. The summed E-state index contributed by atoms with van der Waals surface area (Å²) in [5.41, 5.74) is 12.2. The zero-order valence-electron chi connectivity index (χ0n) is 31.1. The fourth-order valence-electron chi connectivity index (χ4n) is 10.0. The molecule has 0 radical (unpaired) electrons. The van der Waals surface area contributed by atoms with Crippen molar-refractivity contribution in [2.45, 2.75) is 38.5 Å². The summed E-state index contributed by atoms with van der Waals surface area (Å²) in [5, 5.41) is 10.2. The maximum Gasteiger partial charge on any atom is 0.0581 e. The molecule has 11 rings (SSSR count).